The van der Waals surface area contributed by atoms with Gasteiger partial charge in [0.25, 0.3) is 11.8 Å². The van der Waals surface area contributed by atoms with Crippen LogP contribution in [0.2, 0.25) is 0 Å². The van der Waals surface area contributed by atoms with Crippen LogP contribution in [-0.4, -0.2) is 48.7 Å². The van der Waals surface area contributed by atoms with Crippen molar-refractivity contribution in [3.63, 3.8) is 0 Å². The minimum Gasteiger partial charge on any atom is -0.496 e. The number of hydrogen-bond acceptors (Lipinski definition) is 6. The second-order valence-electron chi connectivity index (χ2n) is 8.57. The highest BCUT2D eigenvalue weighted by Crippen LogP contribution is 2.30. The molecule has 1 saturated carbocycles. The largest absolute Gasteiger partial charge is 0.496 e. The van der Waals surface area contributed by atoms with Gasteiger partial charge in [0.1, 0.15) is 5.75 Å². The molecule has 0 aliphatic heterocycles. The van der Waals surface area contributed by atoms with Gasteiger partial charge in [-0.15, -0.1) is 0 Å². The molecule has 1 aliphatic carbocycles. The first-order valence-corrected chi connectivity index (χ1v) is 12.1. The number of ether oxygens (including phenoxy) is 3. The number of hydrogen-bond donors (Lipinski definition) is 2. The molecule has 8 nitrogen and oxygen atoms in total. The lowest BCUT2D eigenvalue weighted by Gasteiger charge is -2.36. The van der Waals surface area contributed by atoms with E-state index in [4.69, 9.17) is 32.2 Å². The Balaban J connectivity index is 1.82. The fourth-order valence-electron chi connectivity index (χ4n) is 4.37. The van der Waals surface area contributed by atoms with E-state index < -0.39 is 5.91 Å². The van der Waals surface area contributed by atoms with E-state index in [1.807, 2.05) is 31.2 Å². The van der Waals surface area contributed by atoms with Crippen LogP contribution < -0.4 is 25.3 Å². The maximum absolute atomic E-state index is 13.1. The Morgan fingerprint density at radius 3 is 2.49 bits per heavy atom. The van der Waals surface area contributed by atoms with E-state index >= 15 is 0 Å². The number of rotatable bonds is 9. The summed E-state index contributed by atoms with van der Waals surface area (Å²) in [5.41, 5.74) is 7.43. The van der Waals surface area contributed by atoms with E-state index in [0.29, 0.717) is 34.5 Å². The van der Waals surface area contributed by atoms with E-state index in [2.05, 4.69) is 10.2 Å². The number of amides is 2. The third kappa shape index (κ3) is 6.85. The highest BCUT2D eigenvalue weighted by Gasteiger charge is 2.26. The van der Waals surface area contributed by atoms with Crippen LogP contribution in [0, 0.1) is 6.92 Å². The fraction of sp³-hybridized carbons (Fsp3) is 0.423. The van der Waals surface area contributed by atoms with Crippen LogP contribution in [0.15, 0.2) is 36.4 Å². The van der Waals surface area contributed by atoms with Gasteiger partial charge < -0.3 is 24.8 Å². The average molecular weight is 500 g/mol. The zero-order valence-corrected chi connectivity index (χ0v) is 21.3. The summed E-state index contributed by atoms with van der Waals surface area (Å²) in [7, 11) is 3.09. The molecule has 2 aromatic rings. The van der Waals surface area contributed by atoms with Crippen molar-refractivity contribution in [3.05, 3.63) is 53.1 Å². The number of nitrogens with two attached hydrogens (primary N) is 1. The van der Waals surface area contributed by atoms with Crippen molar-refractivity contribution in [3.8, 4) is 17.2 Å². The lowest BCUT2D eigenvalue weighted by atomic mass is 9.94. The summed E-state index contributed by atoms with van der Waals surface area (Å²) in [6.07, 6.45) is 5.43. The molecule has 2 amide bonds. The molecular weight excluding hydrogens is 466 g/mol. The summed E-state index contributed by atoms with van der Waals surface area (Å²) < 4.78 is 16.3. The molecule has 0 bridgehead atoms. The topological polar surface area (TPSA) is 103 Å². The van der Waals surface area contributed by atoms with E-state index in [1.165, 1.54) is 13.5 Å². The van der Waals surface area contributed by atoms with Crippen molar-refractivity contribution < 1.29 is 23.8 Å². The quantitative estimate of drug-likeness (QED) is 0.507. The SMILES string of the molecule is COc1cc(CN(C(=S)NC(=O)c2cccc(C)c2OC)C2CCCCC2)ccc1OCC(N)=O. The van der Waals surface area contributed by atoms with Crippen molar-refractivity contribution in [2.75, 3.05) is 20.8 Å². The molecule has 188 valence electrons. The molecule has 3 N–H and O–H groups in total. The first-order chi connectivity index (χ1) is 16.8. The molecule has 0 saturated heterocycles. The lowest BCUT2D eigenvalue weighted by Crippen LogP contribution is -2.48. The van der Waals surface area contributed by atoms with Crippen LogP contribution in [-0.2, 0) is 11.3 Å². The molecule has 2 aromatic carbocycles. The lowest BCUT2D eigenvalue weighted by molar-refractivity contribution is -0.119. The summed E-state index contributed by atoms with van der Waals surface area (Å²) in [6.45, 7) is 2.15. The number of methoxy groups -OCH3 is 2. The van der Waals surface area contributed by atoms with Gasteiger partial charge in [0, 0.05) is 12.6 Å². The molecule has 0 heterocycles. The third-order valence-electron chi connectivity index (χ3n) is 6.11. The molecule has 1 fully saturated rings. The summed E-state index contributed by atoms with van der Waals surface area (Å²) in [5, 5.41) is 3.29. The van der Waals surface area contributed by atoms with Gasteiger partial charge in [-0.1, -0.05) is 37.5 Å². The molecule has 0 atom stereocenters. The minimum absolute atomic E-state index is 0.215. The summed E-state index contributed by atoms with van der Waals surface area (Å²) in [4.78, 5) is 26.3. The molecule has 1 aliphatic rings. The van der Waals surface area contributed by atoms with Gasteiger partial charge >= 0.3 is 0 Å². The van der Waals surface area contributed by atoms with Crippen LogP contribution >= 0.6 is 12.2 Å². The molecule has 9 heteroatoms. The number of carbonyl (C=O) groups excluding carboxylic acids is 2. The van der Waals surface area contributed by atoms with Crippen molar-refractivity contribution in [2.24, 2.45) is 5.73 Å². The smallest absolute Gasteiger partial charge is 0.261 e. The first-order valence-electron chi connectivity index (χ1n) is 11.7. The average Bonchev–Trinajstić information content (AvgIpc) is 2.86. The van der Waals surface area contributed by atoms with Crippen LogP contribution in [0.5, 0.6) is 17.2 Å². The predicted molar refractivity (Wildman–Crippen MR) is 138 cm³/mol. The van der Waals surface area contributed by atoms with Crippen LogP contribution in [0.25, 0.3) is 0 Å². The Hall–Kier alpha value is -3.33. The minimum atomic E-state index is -0.564. The Labute approximate surface area is 211 Å². The summed E-state index contributed by atoms with van der Waals surface area (Å²) >= 11 is 5.75. The van der Waals surface area contributed by atoms with E-state index in [9.17, 15) is 9.59 Å². The number of para-hydroxylation sites is 1. The fourth-order valence-corrected chi connectivity index (χ4v) is 4.68. The van der Waals surface area contributed by atoms with E-state index in [-0.39, 0.29) is 18.6 Å². The maximum Gasteiger partial charge on any atom is 0.261 e. The zero-order valence-electron chi connectivity index (χ0n) is 20.5. The van der Waals surface area contributed by atoms with Crippen molar-refractivity contribution in [2.45, 2.75) is 51.6 Å². The third-order valence-corrected chi connectivity index (χ3v) is 6.44. The summed E-state index contributed by atoms with van der Waals surface area (Å²) in [6, 6.07) is 11.1. The Morgan fingerprint density at radius 2 is 1.83 bits per heavy atom. The Kier molecular flexibility index (Phi) is 9.31. The molecular formula is C26H33N3O5S. The number of thiocarbonyl (C=S) groups is 1. The van der Waals surface area contributed by atoms with Crippen molar-refractivity contribution >= 4 is 29.1 Å². The second-order valence-corrected chi connectivity index (χ2v) is 8.96. The highest BCUT2D eigenvalue weighted by atomic mass is 32.1. The van der Waals surface area contributed by atoms with Gasteiger partial charge in [-0.3, -0.25) is 14.9 Å². The standard InChI is InChI=1S/C26H33N3O5S/c1-17-8-7-11-20(24(17)33-3)25(31)28-26(35)29(19-9-5-4-6-10-19)15-18-12-13-21(22(14-18)32-2)34-16-23(27)30/h7-8,11-14,19H,4-6,9-10,15-16H2,1-3H3,(H2,27,30)(H,28,31,35). The number of aryl methyl sites for hydroxylation is 1. The summed E-state index contributed by atoms with van der Waals surface area (Å²) in [5.74, 6) is 0.594. The van der Waals surface area contributed by atoms with Crippen LogP contribution in [0.1, 0.15) is 53.6 Å². The van der Waals surface area contributed by atoms with Crippen molar-refractivity contribution in [1.82, 2.24) is 10.2 Å². The van der Waals surface area contributed by atoms with Gasteiger partial charge in [0.15, 0.2) is 23.2 Å². The first kappa shape index (κ1) is 26.3. The highest BCUT2D eigenvalue weighted by molar-refractivity contribution is 7.80. The zero-order chi connectivity index (χ0) is 25.4. The molecule has 3 rings (SSSR count). The van der Waals surface area contributed by atoms with E-state index in [0.717, 1.165) is 36.8 Å². The Morgan fingerprint density at radius 1 is 1.09 bits per heavy atom. The second kappa shape index (κ2) is 12.4. The van der Waals surface area contributed by atoms with Crippen molar-refractivity contribution in [1.29, 1.82) is 0 Å². The van der Waals surface area contributed by atoms with Gasteiger partial charge in [-0.05, 0) is 61.3 Å². The predicted octanol–water partition coefficient (Wildman–Crippen LogP) is 3.73. The number of nitrogens with one attached hydrogen (secondary N) is 1. The monoisotopic (exact) mass is 499 g/mol. The number of primary amides is 1. The van der Waals surface area contributed by atoms with Gasteiger partial charge in [-0.25, -0.2) is 0 Å². The molecule has 0 aromatic heterocycles. The molecule has 0 spiro atoms. The number of carbonyl (C=O) groups is 2. The maximum atomic E-state index is 13.1. The van der Waals surface area contributed by atoms with Crippen LogP contribution in [0.3, 0.4) is 0 Å². The van der Waals surface area contributed by atoms with Gasteiger partial charge in [0.05, 0.1) is 19.8 Å². The molecule has 0 radical (unpaired) electrons. The van der Waals surface area contributed by atoms with Gasteiger partial charge in [-0.2, -0.15) is 0 Å². The number of benzene rings is 2. The molecule has 35 heavy (non-hydrogen) atoms. The number of nitrogens with zero attached hydrogens (tertiary/aromatic N) is 1. The van der Waals surface area contributed by atoms with Crippen LogP contribution in [0.4, 0.5) is 0 Å². The normalized spacial score (nSPS) is 13.6. The molecule has 0 unspecified atom stereocenters. The Bertz CT molecular complexity index is 1070. The van der Waals surface area contributed by atoms with Gasteiger partial charge in [0.2, 0.25) is 0 Å². The van der Waals surface area contributed by atoms with E-state index in [1.54, 1.807) is 19.2 Å².